The Labute approximate surface area is 201 Å². The fraction of sp³-hybridized carbons (Fsp3) is 0.536. The van der Waals surface area contributed by atoms with E-state index < -0.39 is 11.4 Å². The molecule has 3 atom stereocenters. The molecule has 5 heteroatoms. The van der Waals surface area contributed by atoms with Crippen molar-refractivity contribution in [2.75, 3.05) is 0 Å². The topological polar surface area (TPSA) is 78.2 Å². The van der Waals surface area contributed by atoms with Gasteiger partial charge in [0.2, 0.25) is 0 Å². The Morgan fingerprint density at radius 1 is 1.12 bits per heavy atom. The summed E-state index contributed by atoms with van der Waals surface area (Å²) in [6.45, 7) is 6.13. The predicted molar refractivity (Wildman–Crippen MR) is 133 cm³/mol. The maximum atomic E-state index is 12.7. The molecule has 1 aliphatic carbocycles. The molecule has 1 N–H and O–H groups in total. The van der Waals surface area contributed by atoms with Crippen LogP contribution in [0.2, 0.25) is 0 Å². The number of hydrogen-bond donors (Lipinski definition) is 1. The van der Waals surface area contributed by atoms with E-state index in [2.05, 4.69) is 37.3 Å². The highest BCUT2D eigenvalue weighted by Gasteiger charge is 2.37. The van der Waals surface area contributed by atoms with Crippen LogP contribution in [-0.4, -0.2) is 16.9 Å². The van der Waals surface area contributed by atoms with Crippen molar-refractivity contribution in [3.05, 3.63) is 57.3 Å². The summed E-state index contributed by atoms with van der Waals surface area (Å²) in [5.41, 5.74) is 1.75. The van der Waals surface area contributed by atoms with Gasteiger partial charge in [0.15, 0.2) is 0 Å². The number of aryl methyl sites for hydroxylation is 1. The summed E-state index contributed by atoms with van der Waals surface area (Å²) >= 11 is 1.36. The third-order valence-electron chi connectivity index (χ3n) is 7.30. The zero-order valence-corrected chi connectivity index (χ0v) is 20.8. The molecule has 1 aromatic carbocycles. The molecular formula is C28H35NO3S. The summed E-state index contributed by atoms with van der Waals surface area (Å²) in [6.07, 6.45) is 7.45. The van der Waals surface area contributed by atoms with Gasteiger partial charge in [-0.3, -0.25) is 4.79 Å². The number of carboxylic acids is 1. The Bertz CT molecular complexity index is 999. The molecular weight excluding hydrogens is 430 g/mol. The van der Waals surface area contributed by atoms with E-state index in [1.807, 2.05) is 19.9 Å². The average molecular weight is 466 g/mol. The van der Waals surface area contributed by atoms with Crippen molar-refractivity contribution in [1.82, 2.24) is 0 Å². The number of carbonyl (C=O) groups excluding carboxylic acids is 1. The molecule has 0 radical (unpaired) electrons. The molecule has 0 saturated heterocycles. The van der Waals surface area contributed by atoms with Crippen molar-refractivity contribution < 1.29 is 14.7 Å². The molecule has 4 nitrogen and oxygen atoms in total. The molecule has 0 bridgehead atoms. The van der Waals surface area contributed by atoms with Crippen LogP contribution in [0.4, 0.5) is 0 Å². The largest absolute Gasteiger partial charge is 0.477 e. The van der Waals surface area contributed by atoms with Gasteiger partial charge in [0.25, 0.3) is 0 Å². The van der Waals surface area contributed by atoms with Gasteiger partial charge >= 0.3 is 5.97 Å². The van der Waals surface area contributed by atoms with E-state index in [0.29, 0.717) is 17.2 Å². The van der Waals surface area contributed by atoms with Crippen LogP contribution in [0.15, 0.2) is 36.4 Å². The first-order valence-corrected chi connectivity index (χ1v) is 12.9. The van der Waals surface area contributed by atoms with Gasteiger partial charge in [0.05, 0.1) is 12.0 Å². The Hall–Kier alpha value is -2.45. The minimum Gasteiger partial charge on any atom is -0.477 e. The lowest BCUT2D eigenvalue weighted by Crippen LogP contribution is -2.29. The Kier molecular flexibility index (Phi) is 8.48. The molecule has 33 heavy (non-hydrogen) atoms. The standard InChI is InChI=1S/C28H35NO3S/c1-4-5-9-25(30)28(2,3)22-14-12-20(13-15-22)26-19(10-11-21(26)18-29)7-6-8-23-16-17-24(33-23)27(31)32/h12-17,19,21,26H,4-11H2,1-3H3,(H,31,32). The highest BCUT2D eigenvalue weighted by atomic mass is 32.1. The summed E-state index contributed by atoms with van der Waals surface area (Å²) in [5, 5.41) is 18.9. The monoisotopic (exact) mass is 465 g/mol. The van der Waals surface area contributed by atoms with E-state index in [-0.39, 0.29) is 17.6 Å². The third kappa shape index (κ3) is 5.92. The molecule has 1 aliphatic rings. The van der Waals surface area contributed by atoms with Gasteiger partial charge in [-0.2, -0.15) is 5.26 Å². The number of thiophene rings is 1. The van der Waals surface area contributed by atoms with E-state index in [1.165, 1.54) is 16.9 Å². The number of ketones is 1. The van der Waals surface area contributed by atoms with Crippen LogP contribution in [-0.2, 0) is 16.6 Å². The average Bonchev–Trinajstić information content (AvgIpc) is 3.44. The fourth-order valence-corrected chi connectivity index (χ4v) is 6.04. The van der Waals surface area contributed by atoms with E-state index in [4.69, 9.17) is 5.11 Å². The maximum Gasteiger partial charge on any atom is 0.345 e. The maximum absolute atomic E-state index is 12.7. The normalized spacial score (nSPS) is 20.5. The number of rotatable bonds is 11. The van der Waals surface area contributed by atoms with E-state index >= 15 is 0 Å². The molecule has 1 saturated carbocycles. The van der Waals surface area contributed by atoms with Crippen molar-refractivity contribution in [2.24, 2.45) is 11.8 Å². The van der Waals surface area contributed by atoms with Gasteiger partial charge in [-0.05, 0) is 81.5 Å². The Balaban J connectivity index is 1.67. The number of nitriles is 1. The van der Waals surface area contributed by atoms with Crippen LogP contribution in [0.3, 0.4) is 0 Å². The summed E-state index contributed by atoms with van der Waals surface area (Å²) in [5.74, 6) is 0.128. The van der Waals surface area contributed by atoms with Crippen LogP contribution in [0.1, 0.15) is 97.3 Å². The molecule has 0 amide bonds. The summed E-state index contributed by atoms with van der Waals surface area (Å²) < 4.78 is 0. The van der Waals surface area contributed by atoms with Crippen LogP contribution in [0.5, 0.6) is 0 Å². The number of carboxylic acid groups (broad SMARTS) is 1. The first-order valence-electron chi connectivity index (χ1n) is 12.1. The molecule has 0 aliphatic heterocycles. The number of aromatic carboxylic acids is 1. The Morgan fingerprint density at radius 2 is 1.85 bits per heavy atom. The zero-order valence-electron chi connectivity index (χ0n) is 20.0. The second-order valence-electron chi connectivity index (χ2n) is 9.84. The lowest BCUT2D eigenvalue weighted by atomic mass is 9.76. The molecule has 2 aromatic rings. The highest BCUT2D eigenvalue weighted by Crippen LogP contribution is 2.46. The quantitative estimate of drug-likeness (QED) is 0.382. The van der Waals surface area contributed by atoms with E-state index in [1.54, 1.807) is 6.07 Å². The minimum atomic E-state index is -0.863. The summed E-state index contributed by atoms with van der Waals surface area (Å²) in [7, 11) is 0. The van der Waals surface area contributed by atoms with Crippen molar-refractivity contribution in [3.63, 3.8) is 0 Å². The molecule has 1 aromatic heterocycles. The molecule has 176 valence electrons. The van der Waals surface area contributed by atoms with Crippen LogP contribution in [0.25, 0.3) is 0 Å². The van der Waals surface area contributed by atoms with Crippen molar-refractivity contribution in [1.29, 1.82) is 5.26 Å². The highest BCUT2D eigenvalue weighted by molar-refractivity contribution is 7.13. The van der Waals surface area contributed by atoms with Gasteiger partial charge in [-0.25, -0.2) is 4.79 Å². The molecule has 3 unspecified atom stereocenters. The van der Waals surface area contributed by atoms with Crippen molar-refractivity contribution >= 4 is 23.1 Å². The van der Waals surface area contributed by atoms with E-state index in [9.17, 15) is 14.9 Å². The number of carbonyl (C=O) groups is 2. The SMILES string of the molecule is CCCCC(=O)C(C)(C)c1ccc(C2C(C#N)CCC2CCCc2ccc(C(=O)O)s2)cc1. The predicted octanol–water partition coefficient (Wildman–Crippen LogP) is 7.14. The third-order valence-corrected chi connectivity index (χ3v) is 8.43. The zero-order chi connectivity index (χ0) is 24.0. The van der Waals surface area contributed by atoms with Gasteiger partial charge in [0, 0.05) is 22.6 Å². The molecule has 3 rings (SSSR count). The second-order valence-corrected chi connectivity index (χ2v) is 11.0. The summed E-state index contributed by atoms with van der Waals surface area (Å²) in [4.78, 5) is 25.3. The summed E-state index contributed by atoms with van der Waals surface area (Å²) in [6, 6.07) is 14.6. The lowest BCUT2D eigenvalue weighted by molar-refractivity contribution is -0.123. The first-order chi connectivity index (χ1) is 15.8. The van der Waals surface area contributed by atoms with Gasteiger partial charge < -0.3 is 5.11 Å². The lowest BCUT2D eigenvalue weighted by Gasteiger charge is -2.26. The van der Waals surface area contributed by atoms with Gasteiger partial charge in [-0.1, -0.05) is 37.6 Å². The van der Waals surface area contributed by atoms with E-state index in [0.717, 1.165) is 55.4 Å². The number of unbranched alkanes of at least 4 members (excludes halogenated alkanes) is 1. The van der Waals surface area contributed by atoms with Crippen molar-refractivity contribution in [3.8, 4) is 6.07 Å². The number of benzene rings is 1. The first kappa shape index (κ1) is 25.2. The molecule has 1 heterocycles. The molecule has 0 spiro atoms. The second kappa shape index (κ2) is 11.1. The number of Topliss-reactive ketones (excluding diaryl/α,β-unsaturated/α-hetero) is 1. The smallest absolute Gasteiger partial charge is 0.345 e. The number of hydrogen-bond acceptors (Lipinski definition) is 4. The van der Waals surface area contributed by atoms with Crippen LogP contribution < -0.4 is 0 Å². The van der Waals surface area contributed by atoms with Crippen LogP contribution in [0, 0.1) is 23.2 Å². The van der Waals surface area contributed by atoms with Gasteiger partial charge in [0.1, 0.15) is 10.7 Å². The fourth-order valence-electron chi connectivity index (χ4n) is 5.15. The number of nitrogens with zero attached hydrogens (tertiary/aromatic N) is 1. The molecule has 1 fully saturated rings. The van der Waals surface area contributed by atoms with Crippen LogP contribution >= 0.6 is 11.3 Å². The minimum absolute atomic E-state index is 0.0281. The Morgan fingerprint density at radius 3 is 2.45 bits per heavy atom. The van der Waals surface area contributed by atoms with Crippen molar-refractivity contribution in [2.45, 2.75) is 83.5 Å². The van der Waals surface area contributed by atoms with Gasteiger partial charge in [-0.15, -0.1) is 11.3 Å².